The van der Waals surface area contributed by atoms with Crippen molar-refractivity contribution < 1.29 is 8.42 Å². The van der Waals surface area contributed by atoms with Gasteiger partial charge < -0.3 is 5.32 Å². The summed E-state index contributed by atoms with van der Waals surface area (Å²) in [6.07, 6.45) is 1.67. The number of hydrogen-bond donors (Lipinski definition) is 2. The van der Waals surface area contributed by atoms with Crippen LogP contribution in [0, 0.1) is 5.92 Å². The molecule has 0 heterocycles. The lowest BCUT2D eigenvalue weighted by molar-refractivity contribution is 0.528. The summed E-state index contributed by atoms with van der Waals surface area (Å²) >= 11 is 0. The highest BCUT2D eigenvalue weighted by Gasteiger charge is 2.18. The average Bonchev–Trinajstić information content (AvgIpc) is 2.45. The highest BCUT2D eigenvalue weighted by molar-refractivity contribution is 7.89. The summed E-state index contributed by atoms with van der Waals surface area (Å²) in [5, 5.41) is 3.04. The standard InChI is InChI=1S/C15H26N2O2S/c1-5-12(3)10-17-20(18,19)15-9-13(11-16-4)7-8-14(15)6-2/h7-9,12,16-17H,5-6,10-11H2,1-4H3. The summed E-state index contributed by atoms with van der Waals surface area (Å²) < 4.78 is 27.6. The Morgan fingerprint density at radius 1 is 1.25 bits per heavy atom. The zero-order chi connectivity index (χ0) is 15.2. The highest BCUT2D eigenvalue weighted by Crippen LogP contribution is 2.19. The third-order valence-corrected chi connectivity index (χ3v) is 5.01. The van der Waals surface area contributed by atoms with E-state index in [1.807, 2.05) is 33.0 Å². The van der Waals surface area contributed by atoms with Crippen LogP contribution >= 0.6 is 0 Å². The van der Waals surface area contributed by atoms with E-state index in [1.54, 1.807) is 6.07 Å². The normalized spacial score (nSPS) is 13.4. The van der Waals surface area contributed by atoms with Crippen molar-refractivity contribution in [2.45, 2.75) is 45.1 Å². The molecule has 0 aliphatic heterocycles. The van der Waals surface area contributed by atoms with Gasteiger partial charge >= 0.3 is 0 Å². The fourth-order valence-corrected chi connectivity index (χ4v) is 3.45. The van der Waals surface area contributed by atoms with Gasteiger partial charge in [0.1, 0.15) is 0 Å². The van der Waals surface area contributed by atoms with E-state index in [1.165, 1.54) is 0 Å². The summed E-state index contributed by atoms with van der Waals surface area (Å²) in [5.74, 6) is 0.343. The van der Waals surface area contributed by atoms with Gasteiger partial charge in [-0.3, -0.25) is 0 Å². The molecule has 0 aliphatic rings. The largest absolute Gasteiger partial charge is 0.316 e. The molecule has 0 saturated carbocycles. The van der Waals surface area contributed by atoms with E-state index < -0.39 is 10.0 Å². The quantitative estimate of drug-likeness (QED) is 0.774. The molecule has 20 heavy (non-hydrogen) atoms. The number of nitrogens with one attached hydrogen (secondary N) is 2. The van der Waals surface area contributed by atoms with Crippen LogP contribution in [0.4, 0.5) is 0 Å². The molecule has 1 rings (SSSR count). The van der Waals surface area contributed by atoms with Gasteiger partial charge in [-0.05, 0) is 36.6 Å². The lowest BCUT2D eigenvalue weighted by Gasteiger charge is -2.14. The second-order valence-electron chi connectivity index (χ2n) is 5.19. The van der Waals surface area contributed by atoms with Crippen LogP contribution in [0.2, 0.25) is 0 Å². The summed E-state index contributed by atoms with van der Waals surface area (Å²) in [7, 11) is -1.58. The van der Waals surface area contributed by atoms with Crippen LogP contribution < -0.4 is 10.0 Å². The number of aryl methyl sites for hydroxylation is 1. The van der Waals surface area contributed by atoms with Gasteiger partial charge in [0.2, 0.25) is 10.0 Å². The van der Waals surface area contributed by atoms with Crippen LogP contribution in [0.3, 0.4) is 0 Å². The molecule has 2 N–H and O–H groups in total. The molecule has 0 aromatic heterocycles. The second kappa shape index (κ2) is 7.76. The Labute approximate surface area is 123 Å². The molecule has 1 aromatic carbocycles. The fraction of sp³-hybridized carbons (Fsp3) is 0.600. The van der Waals surface area contributed by atoms with E-state index in [2.05, 4.69) is 17.0 Å². The van der Waals surface area contributed by atoms with Crippen LogP contribution in [0.5, 0.6) is 0 Å². The van der Waals surface area contributed by atoms with Gasteiger partial charge in [0.15, 0.2) is 0 Å². The predicted molar refractivity (Wildman–Crippen MR) is 83.2 cm³/mol. The van der Waals surface area contributed by atoms with Gasteiger partial charge in [-0.1, -0.05) is 39.3 Å². The highest BCUT2D eigenvalue weighted by atomic mass is 32.2. The lowest BCUT2D eigenvalue weighted by Crippen LogP contribution is -2.29. The Morgan fingerprint density at radius 2 is 1.95 bits per heavy atom. The Kier molecular flexibility index (Phi) is 6.65. The minimum Gasteiger partial charge on any atom is -0.316 e. The number of benzene rings is 1. The molecule has 114 valence electrons. The first kappa shape index (κ1) is 17.1. The van der Waals surface area contributed by atoms with E-state index in [9.17, 15) is 8.42 Å². The molecule has 1 atom stereocenters. The van der Waals surface area contributed by atoms with E-state index in [0.717, 1.165) is 17.5 Å². The number of hydrogen-bond acceptors (Lipinski definition) is 3. The zero-order valence-electron chi connectivity index (χ0n) is 12.9. The minimum atomic E-state index is -3.43. The third-order valence-electron chi connectivity index (χ3n) is 3.50. The molecule has 1 unspecified atom stereocenters. The fourth-order valence-electron chi connectivity index (χ4n) is 1.93. The van der Waals surface area contributed by atoms with E-state index in [-0.39, 0.29) is 0 Å². The molecular weight excluding hydrogens is 272 g/mol. The van der Waals surface area contributed by atoms with Crippen LogP contribution in [0.15, 0.2) is 23.1 Å². The molecule has 0 saturated heterocycles. The Balaban J connectivity index is 3.04. The Hall–Kier alpha value is -0.910. The van der Waals surface area contributed by atoms with Crippen molar-refractivity contribution in [3.63, 3.8) is 0 Å². The van der Waals surface area contributed by atoms with Crippen molar-refractivity contribution in [3.8, 4) is 0 Å². The number of sulfonamides is 1. The van der Waals surface area contributed by atoms with Gasteiger partial charge in [-0.2, -0.15) is 0 Å². The van der Waals surface area contributed by atoms with Crippen molar-refractivity contribution in [2.24, 2.45) is 5.92 Å². The van der Waals surface area contributed by atoms with Crippen molar-refractivity contribution >= 4 is 10.0 Å². The topological polar surface area (TPSA) is 58.2 Å². The minimum absolute atomic E-state index is 0.343. The van der Waals surface area contributed by atoms with Gasteiger partial charge in [-0.15, -0.1) is 0 Å². The summed E-state index contributed by atoms with van der Waals surface area (Å²) in [4.78, 5) is 0.413. The van der Waals surface area contributed by atoms with Crippen molar-refractivity contribution in [3.05, 3.63) is 29.3 Å². The SMILES string of the molecule is CCc1ccc(CNC)cc1S(=O)(=O)NCC(C)CC. The molecule has 0 bridgehead atoms. The van der Waals surface area contributed by atoms with Crippen LogP contribution in [-0.4, -0.2) is 22.0 Å². The van der Waals surface area contributed by atoms with E-state index in [4.69, 9.17) is 0 Å². The summed E-state index contributed by atoms with van der Waals surface area (Å²) in [6, 6.07) is 5.65. The molecule has 1 aromatic rings. The van der Waals surface area contributed by atoms with Gasteiger partial charge in [-0.25, -0.2) is 13.1 Å². The molecule has 0 amide bonds. The third kappa shape index (κ3) is 4.58. The van der Waals surface area contributed by atoms with Crippen LogP contribution in [-0.2, 0) is 23.0 Å². The number of rotatable bonds is 8. The molecule has 0 radical (unpaired) electrons. The second-order valence-corrected chi connectivity index (χ2v) is 6.93. The molecule has 0 spiro atoms. The zero-order valence-corrected chi connectivity index (χ0v) is 13.7. The van der Waals surface area contributed by atoms with Crippen molar-refractivity contribution in [2.75, 3.05) is 13.6 Å². The maximum atomic E-state index is 12.5. The van der Waals surface area contributed by atoms with Crippen molar-refractivity contribution in [1.29, 1.82) is 0 Å². The maximum Gasteiger partial charge on any atom is 0.240 e. The maximum absolute atomic E-state index is 12.5. The lowest BCUT2D eigenvalue weighted by atomic mass is 10.1. The van der Waals surface area contributed by atoms with Gasteiger partial charge in [0.25, 0.3) is 0 Å². The van der Waals surface area contributed by atoms with Gasteiger partial charge in [0, 0.05) is 13.1 Å². The molecular formula is C15H26N2O2S. The van der Waals surface area contributed by atoms with Crippen LogP contribution in [0.1, 0.15) is 38.3 Å². The van der Waals surface area contributed by atoms with Crippen LogP contribution in [0.25, 0.3) is 0 Å². The first-order chi connectivity index (χ1) is 9.44. The first-order valence-electron chi connectivity index (χ1n) is 7.20. The summed E-state index contributed by atoms with van der Waals surface area (Å²) in [6.45, 7) is 7.22. The average molecular weight is 298 g/mol. The molecule has 5 heteroatoms. The van der Waals surface area contributed by atoms with Gasteiger partial charge in [0.05, 0.1) is 4.90 Å². The molecule has 0 aliphatic carbocycles. The predicted octanol–water partition coefficient (Wildman–Crippen LogP) is 2.29. The van der Waals surface area contributed by atoms with E-state index >= 15 is 0 Å². The smallest absolute Gasteiger partial charge is 0.240 e. The Bertz CT molecular complexity index is 527. The van der Waals surface area contributed by atoms with Crippen molar-refractivity contribution in [1.82, 2.24) is 10.0 Å². The molecule has 4 nitrogen and oxygen atoms in total. The molecule has 0 fully saturated rings. The summed E-state index contributed by atoms with van der Waals surface area (Å²) in [5.41, 5.74) is 1.84. The monoisotopic (exact) mass is 298 g/mol. The first-order valence-corrected chi connectivity index (χ1v) is 8.69. The van der Waals surface area contributed by atoms with E-state index in [0.29, 0.717) is 30.3 Å². The Morgan fingerprint density at radius 3 is 2.50 bits per heavy atom.